The highest BCUT2D eigenvalue weighted by Gasteiger charge is 1.94. The summed E-state index contributed by atoms with van der Waals surface area (Å²) in [7, 11) is 0. The zero-order valence-corrected chi connectivity index (χ0v) is 8.68. The largest absolute Gasteiger partial charge is 0.489 e. The van der Waals surface area contributed by atoms with Crippen molar-refractivity contribution in [1.82, 2.24) is 4.98 Å². The van der Waals surface area contributed by atoms with Crippen LogP contribution in [-0.4, -0.2) is 4.98 Å². The van der Waals surface area contributed by atoms with Crippen molar-refractivity contribution >= 4 is 0 Å². The van der Waals surface area contributed by atoms with Crippen LogP contribution in [0, 0.1) is 6.92 Å². The van der Waals surface area contributed by atoms with Crippen molar-refractivity contribution in [3.8, 4) is 5.75 Å². The first-order chi connectivity index (χ1) is 7.34. The Bertz CT molecular complexity index is 408. The first-order valence-electron chi connectivity index (χ1n) is 4.93. The van der Waals surface area contributed by atoms with E-state index < -0.39 is 0 Å². The Balaban J connectivity index is 1.96. The Morgan fingerprint density at radius 3 is 2.33 bits per heavy atom. The van der Waals surface area contributed by atoms with Crippen LogP contribution in [0.3, 0.4) is 0 Å². The van der Waals surface area contributed by atoms with Crippen LogP contribution in [-0.2, 0) is 6.61 Å². The van der Waals surface area contributed by atoms with Crippen LogP contribution < -0.4 is 4.74 Å². The molecule has 1 aromatic heterocycles. The predicted molar refractivity (Wildman–Crippen MR) is 59.7 cm³/mol. The van der Waals surface area contributed by atoms with Crippen molar-refractivity contribution < 1.29 is 4.74 Å². The second kappa shape index (κ2) is 4.60. The monoisotopic (exact) mass is 199 g/mol. The minimum absolute atomic E-state index is 0.589. The van der Waals surface area contributed by atoms with E-state index >= 15 is 0 Å². The second-order valence-electron chi connectivity index (χ2n) is 3.46. The molecule has 0 N–H and O–H groups in total. The predicted octanol–water partition coefficient (Wildman–Crippen LogP) is 2.97. The van der Waals surface area contributed by atoms with Gasteiger partial charge in [-0.3, -0.25) is 4.98 Å². The average molecular weight is 199 g/mol. The summed E-state index contributed by atoms with van der Waals surface area (Å²) < 4.78 is 5.62. The first-order valence-corrected chi connectivity index (χ1v) is 4.93. The van der Waals surface area contributed by atoms with Gasteiger partial charge in [0.1, 0.15) is 12.4 Å². The molecule has 76 valence electrons. The Morgan fingerprint density at radius 1 is 1.00 bits per heavy atom. The Kier molecular flexibility index (Phi) is 2.98. The molecule has 2 nitrogen and oxygen atoms in total. The Morgan fingerprint density at radius 2 is 1.67 bits per heavy atom. The van der Waals surface area contributed by atoms with Gasteiger partial charge in [-0.1, -0.05) is 17.7 Å². The molecule has 1 aromatic carbocycles. The third-order valence-corrected chi connectivity index (χ3v) is 2.18. The van der Waals surface area contributed by atoms with E-state index in [9.17, 15) is 0 Å². The molecule has 0 radical (unpaired) electrons. The molecule has 0 amide bonds. The van der Waals surface area contributed by atoms with Gasteiger partial charge in [0.25, 0.3) is 0 Å². The lowest BCUT2D eigenvalue weighted by Gasteiger charge is -2.05. The molecule has 0 saturated carbocycles. The Hall–Kier alpha value is -1.83. The lowest BCUT2D eigenvalue weighted by molar-refractivity contribution is 0.306. The number of pyridine rings is 1. The number of hydrogen-bond donors (Lipinski definition) is 0. The highest BCUT2D eigenvalue weighted by atomic mass is 16.5. The van der Waals surface area contributed by atoms with Crippen LogP contribution in [0.5, 0.6) is 5.75 Å². The summed E-state index contributed by atoms with van der Waals surface area (Å²) in [5.41, 5.74) is 2.37. The quantitative estimate of drug-likeness (QED) is 0.758. The molecule has 0 bridgehead atoms. The van der Waals surface area contributed by atoms with E-state index in [2.05, 4.69) is 11.9 Å². The summed E-state index contributed by atoms with van der Waals surface area (Å²) in [4.78, 5) is 3.96. The summed E-state index contributed by atoms with van der Waals surface area (Å²) in [6.07, 6.45) is 3.54. The van der Waals surface area contributed by atoms with Gasteiger partial charge in [-0.25, -0.2) is 0 Å². The lowest BCUT2D eigenvalue weighted by atomic mass is 10.2. The summed E-state index contributed by atoms with van der Waals surface area (Å²) in [6.45, 7) is 2.65. The highest BCUT2D eigenvalue weighted by Crippen LogP contribution is 2.13. The molecule has 1 heterocycles. The fourth-order valence-electron chi connectivity index (χ4n) is 1.28. The number of aromatic nitrogens is 1. The van der Waals surface area contributed by atoms with E-state index in [1.54, 1.807) is 12.4 Å². The van der Waals surface area contributed by atoms with Gasteiger partial charge in [-0.15, -0.1) is 0 Å². The zero-order chi connectivity index (χ0) is 10.5. The Labute approximate surface area is 89.6 Å². The average Bonchev–Trinajstić information content (AvgIpc) is 2.30. The van der Waals surface area contributed by atoms with Gasteiger partial charge in [-0.2, -0.15) is 0 Å². The maximum atomic E-state index is 5.62. The van der Waals surface area contributed by atoms with Crippen molar-refractivity contribution in [1.29, 1.82) is 0 Å². The fraction of sp³-hybridized carbons (Fsp3) is 0.154. The summed E-state index contributed by atoms with van der Waals surface area (Å²) in [5.74, 6) is 0.900. The van der Waals surface area contributed by atoms with E-state index in [4.69, 9.17) is 4.74 Å². The van der Waals surface area contributed by atoms with Crippen molar-refractivity contribution in [3.05, 3.63) is 59.9 Å². The molecule has 2 rings (SSSR count). The van der Waals surface area contributed by atoms with Crippen molar-refractivity contribution in [2.45, 2.75) is 13.5 Å². The second-order valence-corrected chi connectivity index (χ2v) is 3.46. The molecular formula is C13H13NO. The van der Waals surface area contributed by atoms with Gasteiger partial charge < -0.3 is 4.74 Å². The zero-order valence-electron chi connectivity index (χ0n) is 8.68. The number of aryl methyl sites for hydroxylation is 1. The third kappa shape index (κ3) is 2.81. The molecule has 2 aromatic rings. The van der Waals surface area contributed by atoms with Crippen LogP contribution in [0.2, 0.25) is 0 Å². The van der Waals surface area contributed by atoms with Crippen molar-refractivity contribution in [2.24, 2.45) is 0 Å². The molecular weight excluding hydrogens is 186 g/mol. The third-order valence-electron chi connectivity index (χ3n) is 2.18. The molecule has 0 atom stereocenters. The molecule has 15 heavy (non-hydrogen) atoms. The number of benzene rings is 1. The molecule has 2 heteroatoms. The molecule has 0 aliphatic heterocycles. The van der Waals surface area contributed by atoms with Crippen LogP contribution >= 0.6 is 0 Å². The normalized spacial score (nSPS) is 9.93. The summed E-state index contributed by atoms with van der Waals surface area (Å²) >= 11 is 0. The molecule has 0 aliphatic carbocycles. The van der Waals surface area contributed by atoms with Gasteiger partial charge >= 0.3 is 0 Å². The van der Waals surface area contributed by atoms with E-state index in [0.717, 1.165) is 11.3 Å². The topological polar surface area (TPSA) is 22.1 Å². The van der Waals surface area contributed by atoms with Gasteiger partial charge in [0.15, 0.2) is 0 Å². The van der Waals surface area contributed by atoms with Gasteiger partial charge in [0.2, 0.25) is 0 Å². The van der Waals surface area contributed by atoms with Crippen molar-refractivity contribution in [3.63, 3.8) is 0 Å². The number of ether oxygens (including phenoxy) is 1. The smallest absolute Gasteiger partial charge is 0.119 e. The fourth-order valence-corrected chi connectivity index (χ4v) is 1.28. The van der Waals surface area contributed by atoms with Gasteiger partial charge in [0.05, 0.1) is 0 Å². The van der Waals surface area contributed by atoms with Gasteiger partial charge in [-0.05, 0) is 36.8 Å². The summed E-state index contributed by atoms with van der Waals surface area (Å²) in [6, 6.07) is 12.0. The minimum atomic E-state index is 0.589. The van der Waals surface area contributed by atoms with E-state index in [1.165, 1.54) is 5.56 Å². The maximum absolute atomic E-state index is 5.62. The highest BCUT2D eigenvalue weighted by molar-refractivity contribution is 5.26. The van der Waals surface area contributed by atoms with Crippen LogP contribution in [0.15, 0.2) is 48.8 Å². The molecule has 0 unspecified atom stereocenters. The molecule has 0 fully saturated rings. The van der Waals surface area contributed by atoms with Gasteiger partial charge in [0, 0.05) is 12.4 Å². The van der Waals surface area contributed by atoms with Crippen LogP contribution in [0.25, 0.3) is 0 Å². The van der Waals surface area contributed by atoms with Crippen LogP contribution in [0.4, 0.5) is 0 Å². The first kappa shape index (κ1) is 9.71. The SMILES string of the molecule is Cc1ccc(OCc2ccncc2)cc1. The van der Waals surface area contributed by atoms with E-state index in [1.807, 2.05) is 36.4 Å². The maximum Gasteiger partial charge on any atom is 0.119 e. The van der Waals surface area contributed by atoms with Crippen molar-refractivity contribution in [2.75, 3.05) is 0 Å². The molecule has 0 spiro atoms. The lowest BCUT2D eigenvalue weighted by Crippen LogP contribution is -1.95. The minimum Gasteiger partial charge on any atom is -0.489 e. The van der Waals surface area contributed by atoms with E-state index in [-0.39, 0.29) is 0 Å². The van der Waals surface area contributed by atoms with E-state index in [0.29, 0.717) is 6.61 Å². The number of rotatable bonds is 3. The molecule has 0 saturated heterocycles. The number of nitrogens with zero attached hydrogens (tertiary/aromatic N) is 1. The standard InChI is InChI=1S/C13H13NO/c1-11-2-4-13(5-3-11)15-10-12-6-8-14-9-7-12/h2-9H,10H2,1H3. The molecule has 0 aliphatic rings. The number of hydrogen-bond acceptors (Lipinski definition) is 2. The summed E-state index contributed by atoms with van der Waals surface area (Å²) in [5, 5.41) is 0. The van der Waals surface area contributed by atoms with Crippen LogP contribution in [0.1, 0.15) is 11.1 Å².